The number of rotatable bonds is 8. The number of esters is 2. The van der Waals surface area contributed by atoms with E-state index in [-0.39, 0.29) is 17.1 Å². The number of hydrogen-bond donors (Lipinski definition) is 0. The highest BCUT2D eigenvalue weighted by molar-refractivity contribution is 6.07. The third kappa shape index (κ3) is 5.65. The van der Waals surface area contributed by atoms with Crippen molar-refractivity contribution < 1.29 is 33.3 Å². The molecule has 0 spiro atoms. The standard InChI is InChI=1S/C26H22O7/c1-30-22-5-4-6-23(31-2)24(22)26(29)33-20-14-12-18(13-15-20)21(27)16-9-17-7-10-19(11-8-17)25(28)32-3/h4-16H,1-3H3. The van der Waals surface area contributed by atoms with Crippen LogP contribution in [-0.2, 0) is 4.74 Å². The second kappa shape index (κ2) is 10.8. The molecule has 0 fully saturated rings. The zero-order valence-electron chi connectivity index (χ0n) is 18.4. The van der Waals surface area contributed by atoms with Gasteiger partial charge in [0.15, 0.2) is 5.78 Å². The zero-order valence-corrected chi connectivity index (χ0v) is 18.4. The van der Waals surface area contributed by atoms with Crippen LogP contribution in [0.4, 0.5) is 0 Å². The summed E-state index contributed by atoms with van der Waals surface area (Å²) >= 11 is 0. The lowest BCUT2D eigenvalue weighted by Gasteiger charge is -2.12. The van der Waals surface area contributed by atoms with E-state index in [4.69, 9.17) is 14.2 Å². The highest BCUT2D eigenvalue weighted by Gasteiger charge is 2.20. The molecule has 0 bridgehead atoms. The fourth-order valence-electron chi connectivity index (χ4n) is 3.01. The summed E-state index contributed by atoms with van der Waals surface area (Å²) in [4.78, 5) is 36.6. The second-order valence-electron chi connectivity index (χ2n) is 6.76. The van der Waals surface area contributed by atoms with Gasteiger partial charge in [0.1, 0.15) is 22.8 Å². The fraction of sp³-hybridized carbons (Fsp3) is 0.115. The third-order valence-corrected chi connectivity index (χ3v) is 4.74. The summed E-state index contributed by atoms with van der Waals surface area (Å²) in [5.41, 5.74) is 1.78. The maximum Gasteiger partial charge on any atom is 0.351 e. The highest BCUT2D eigenvalue weighted by Crippen LogP contribution is 2.29. The summed E-state index contributed by atoms with van der Waals surface area (Å²) in [7, 11) is 4.22. The minimum Gasteiger partial charge on any atom is -0.496 e. The van der Waals surface area contributed by atoms with Crippen LogP contribution < -0.4 is 14.2 Å². The Balaban J connectivity index is 1.68. The molecule has 0 saturated heterocycles. The van der Waals surface area contributed by atoms with E-state index < -0.39 is 11.9 Å². The first-order chi connectivity index (χ1) is 16.0. The van der Waals surface area contributed by atoms with Crippen molar-refractivity contribution in [3.63, 3.8) is 0 Å². The van der Waals surface area contributed by atoms with Crippen molar-refractivity contribution in [2.45, 2.75) is 0 Å². The van der Waals surface area contributed by atoms with Crippen LogP contribution in [0.1, 0.15) is 36.6 Å². The van der Waals surface area contributed by atoms with Gasteiger partial charge in [-0.3, -0.25) is 4.79 Å². The molecule has 0 aliphatic carbocycles. The van der Waals surface area contributed by atoms with Crippen LogP contribution in [-0.4, -0.2) is 39.1 Å². The maximum atomic E-state index is 12.6. The average molecular weight is 446 g/mol. The molecule has 0 radical (unpaired) electrons. The zero-order chi connectivity index (χ0) is 23.8. The van der Waals surface area contributed by atoms with E-state index in [0.29, 0.717) is 22.6 Å². The van der Waals surface area contributed by atoms with Gasteiger partial charge in [0.05, 0.1) is 26.9 Å². The molecular weight excluding hydrogens is 424 g/mol. The number of ether oxygens (including phenoxy) is 4. The van der Waals surface area contributed by atoms with Crippen molar-refractivity contribution in [1.82, 2.24) is 0 Å². The van der Waals surface area contributed by atoms with Crippen molar-refractivity contribution in [2.75, 3.05) is 21.3 Å². The molecule has 0 amide bonds. The Morgan fingerprint density at radius 1 is 0.697 bits per heavy atom. The molecule has 33 heavy (non-hydrogen) atoms. The molecule has 0 heterocycles. The van der Waals surface area contributed by atoms with Gasteiger partial charge in [0, 0.05) is 5.56 Å². The number of ketones is 1. The Kier molecular flexibility index (Phi) is 7.60. The molecule has 0 aliphatic rings. The van der Waals surface area contributed by atoms with Crippen LogP contribution in [0, 0.1) is 0 Å². The third-order valence-electron chi connectivity index (χ3n) is 4.74. The summed E-state index contributed by atoms with van der Waals surface area (Å²) in [5, 5.41) is 0. The Labute approximate surface area is 191 Å². The summed E-state index contributed by atoms with van der Waals surface area (Å²) in [6.45, 7) is 0. The first kappa shape index (κ1) is 23.3. The van der Waals surface area contributed by atoms with Crippen molar-refractivity contribution in [1.29, 1.82) is 0 Å². The van der Waals surface area contributed by atoms with Gasteiger partial charge in [-0.25, -0.2) is 9.59 Å². The predicted octanol–water partition coefficient (Wildman–Crippen LogP) is 4.61. The van der Waals surface area contributed by atoms with Gasteiger partial charge in [-0.15, -0.1) is 0 Å². The van der Waals surface area contributed by atoms with Gasteiger partial charge < -0.3 is 18.9 Å². The van der Waals surface area contributed by atoms with Crippen molar-refractivity contribution in [2.24, 2.45) is 0 Å². The number of carbonyl (C=O) groups excluding carboxylic acids is 3. The van der Waals surface area contributed by atoms with E-state index in [9.17, 15) is 14.4 Å². The molecule has 3 aromatic rings. The second-order valence-corrected chi connectivity index (χ2v) is 6.76. The van der Waals surface area contributed by atoms with Crippen molar-refractivity contribution in [3.8, 4) is 17.2 Å². The first-order valence-electron chi connectivity index (χ1n) is 9.91. The van der Waals surface area contributed by atoms with Crippen LogP contribution >= 0.6 is 0 Å². The molecule has 0 aliphatic heterocycles. The van der Waals surface area contributed by atoms with Crippen LogP contribution in [0.25, 0.3) is 6.08 Å². The quantitative estimate of drug-likeness (QED) is 0.216. The van der Waals surface area contributed by atoms with E-state index >= 15 is 0 Å². The summed E-state index contributed by atoms with van der Waals surface area (Å²) in [6.07, 6.45) is 3.07. The van der Waals surface area contributed by atoms with E-state index in [0.717, 1.165) is 5.56 Å². The Morgan fingerprint density at radius 2 is 1.27 bits per heavy atom. The molecule has 7 heteroatoms. The molecule has 168 valence electrons. The van der Waals surface area contributed by atoms with E-state index in [1.54, 1.807) is 60.7 Å². The van der Waals surface area contributed by atoms with E-state index in [1.165, 1.54) is 39.5 Å². The first-order valence-corrected chi connectivity index (χ1v) is 9.91. The molecule has 3 rings (SSSR count). The lowest BCUT2D eigenvalue weighted by molar-refractivity contribution is 0.0600. The van der Waals surface area contributed by atoms with Gasteiger partial charge >= 0.3 is 11.9 Å². The Morgan fingerprint density at radius 3 is 1.82 bits per heavy atom. The fourth-order valence-corrected chi connectivity index (χ4v) is 3.01. The van der Waals surface area contributed by atoms with Crippen LogP contribution in [0.2, 0.25) is 0 Å². The Hall–Kier alpha value is -4.39. The lowest BCUT2D eigenvalue weighted by atomic mass is 10.1. The summed E-state index contributed by atoms with van der Waals surface area (Å²) in [6, 6.07) is 17.8. The molecule has 0 N–H and O–H groups in total. The monoisotopic (exact) mass is 446 g/mol. The van der Waals surface area contributed by atoms with Crippen LogP contribution in [0.3, 0.4) is 0 Å². The smallest absolute Gasteiger partial charge is 0.351 e. The van der Waals surface area contributed by atoms with Gasteiger partial charge in [-0.05, 0) is 60.2 Å². The number of methoxy groups -OCH3 is 3. The highest BCUT2D eigenvalue weighted by atomic mass is 16.5. The normalized spacial score (nSPS) is 10.5. The number of allylic oxidation sites excluding steroid dienone is 1. The lowest BCUT2D eigenvalue weighted by Crippen LogP contribution is -2.12. The molecule has 3 aromatic carbocycles. The number of hydrogen-bond acceptors (Lipinski definition) is 7. The summed E-state index contributed by atoms with van der Waals surface area (Å²) < 4.78 is 20.5. The Bertz CT molecular complexity index is 1150. The molecule has 0 aromatic heterocycles. The van der Waals surface area contributed by atoms with Crippen LogP contribution in [0.15, 0.2) is 72.8 Å². The van der Waals surface area contributed by atoms with Gasteiger partial charge in [-0.2, -0.15) is 0 Å². The molecule has 0 atom stereocenters. The van der Waals surface area contributed by atoms with Gasteiger partial charge in [0.25, 0.3) is 0 Å². The molecule has 0 saturated carbocycles. The topological polar surface area (TPSA) is 88.1 Å². The van der Waals surface area contributed by atoms with Crippen molar-refractivity contribution in [3.05, 3.63) is 95.1 Å². The maximum absolute atomic E-state index is 12.6. The molecule has 0 unspecified atom stereocenters. The average Bonchev–Trinajstić information content (AvgIpc) is 2.86. The number of benzene rings is 3. The number of carbonyl (C=O) groups is 3. The van der Waals surface area contributed by atoms with Gasteiger partial charge in [0.2, 0.25) is 0 Å². The largest absolute Gasteiger partial charge is 0.496 e. The summed E-state index contributed by atoms with van der Waals surface area (Å²) in [5.74, 6) is -0.361. The van der Waals surface area contributed by atoms with E-state index in [2.05, 4.69) is 4.74 Å². The minimum absolute atomic E-state index is 0.170. The molecule has 7 nitrogen and oxygen atoms in total. The van der Waals surface area contributed by atoms with Crippen LogP contribution in [0.5, 0.6) is 17.2 Å². The van der Waals surface area contributed by atoms with E-state index in [1.807, 2.05) is 0 Å². The minimum atomic E-state index is -0.640. The SMILES string of the molecule is COC(=O)c1ccc(C=CC(=O)c2ccc(OC(=O)c3c(OC)cccc3OC)cc2)cc1. The van der Waals surface area contributed by atoms with Gasteiger partial charge in [-0.1, -0.05) is 24.3 Å². The molecular formula is C26H22O7. The predicted molar refractivity (Wildman–Crippen MR) is 122 cm³/mol. The van der Waals surface area contributed by atoms with Crippen molar-refractivity contribution >= 4 is 23.8 Å².